The lowest BCUT2D eigenvalue weighted by Gasteiger charge is -2.13. The van der Waals surface area contributed by atoms with E-state index >= 15 is 4.39 Å². The van der Waals surface area contributed by atoms with E-state index in [1.165, 1.54) is 47.1 Å². The second-order valence-electron chi connectivity index (χ2n) is 11.0. The van der Waals surface area contributed by atoms with Crippen molar-refractivity contribution in [2.24, 2.45) is 0 Å². The van der Waals surface area contributed by atoms with Gasteiger partial charge in [-0.15, -0.1) is 0 Å². The van der Waals surface area contributed by atoms with Crippen LogP contribution in [0, 0.1) is 17.1 Å². The van der Waals surface area contributed by atoms with Crippen LogP contribution in [0.5, 0.6) is 0 Å². The van der Waals surface area contributed by atoms with Crippen LogP contribution in [0.2, 0.25) is 10.0 Å². The number of anilines is 1. The second-order valence-corrected chi connectivity index (χ2v) is 13.5. The van der Waals surface area contributed by atoms with Crippen molar-refractivity contribution in [3.8, 4) is 22.9 Å². The Kier molecular flexibility index (Phi) is 10.8. The Morgan fingerprint density at radius 1 is 0.959 bits per heavy atom. The number of benzene rings is 4. The third-order valence-corrected chi connectivity index (χ3v) is 9.73. The number of halogens is 3. The first-order valence-electron chi connectivity index (χ1n) is 15.3. The molecule has 2 N–H and O–H groups in total. The van der Waals surface area contributed by atoms with Gasteiger partial charge in [-0.1, -0.05) is 85.9 Å². The van der Waals surface area contributed by atoms with Crippen molar-refractivity contribution in [2.45, 2.75) is 44.4 Å². The average molecular weight is 719 g/mol. The predicted octanol–water partition coefficient (Wildman–Crippen LogP) is 7.87. The van der Waals surface area contributed by atoms with Crippen LogP contribution in [0.15, 0.2) is 89.8 Å². The summed E-state index contributed by atoms with van der Waals surface area (Å²) in [6, 6.07) is 23.4. The molecule has 1 heterocycles. The average Bonchev–Trinajstić information content (AvgIpc) is 3.42. The van der Waals surface area contributed by atoms with Crippen molar-refractivity contribution >= 4 is 50.7 Å². The maximum atomic E-state index is 15.9. The van der Waals surface area contributed by atoms with Gasteiger partial charge in [0, 0.05) is 29.7 Å². The van der Waals surface area contributed by atoms with E-state index in [4.69, 9.17) is 23.2 Å². The van der Waals surface area contributed by atoms with E-state index in [1.54, 1.807) is 49.4 Å². The highest BCUT2D eigenvalue weighted by Gasteiger charge is 2.25. The van der Waals surface area contributed by atoms with Crippen LogP contribution in [0.4, 0.5) is 10.1 Å². The Morgan fingerprint density at radius 3 is 2.39 bits per heavy atom. The molecule has 0 aliphatic heterocycles. The maximum absolute atomic E-state index is 15.9. The van der Waals surface area contributed by atoms with Gasteiger partial charge in [-0.3, -0.25) is 9.59 Å². The van der Waals surface area contributed by atoms with E-state index in [2.05, 4.69) is 16.5 Å². The molecule has 0 saturated carbocycles. The topological polar surface area (TPSA) is 134 Å². The molecule has 0 saturated heterocycles. The first-order chi connectivity index (χ1) is 23.5. The number of nitriles is 1. The zero-order chi connectivity index (χ0) is 35.3. The quantitative estimate of drug-likeness (QED) is 0.143. The smallest absolute Gasteiger partial charge is 0.266 e. The van der Waals surface area contributed by atoms with Crippen LogP contribution in [0.3, 0.4) is 0 Å². The second kappa shape index (κ2) is 15.0. The molecule has 2 amide bonds. The van der Waals surface area contributed by atoms with Crippen molar-refractivity contribution in [2.75, 3.05) is 5.32 Å². The van der Waals surface area contributed by atoms with Gasteiger partial charge in [-0.2, -0.15) is 10.4 Å². The van der Waals surface area contributed by atoms with Crippen LogP contribution in [0.1, 0.15) is 59.6 Å². The van der Waals surface area contributed by atoms with Crippen LogP contribution in [0.25, 0.3) is 16.8 Å². The van der Waals surface area contributed by atoms with Crippen LogP contribution in [-0.2, 0) is 27.7 Å². The van der Waals surface area contributed by atoms with Gasteiger partial charge >= 0.3 is 0 Å². The molecule has 250 valence electrons. The van der Waals surface area contributed by atoms with Gasteiger partial charge in [-0.25, -0.2) is 22.2 Å². The first-order valence-corrected chi connectivity index (χ1v) is 17.5. The molecule has 0 fully saturated rings. The minimum atomic E-state index is -4.40. The summed E-state index contributed by atoms with van der Waals surface area (Å²) in [5.74, 6) is -1.73. The van der Waals surface area contributed by atoms with Crippen LogP contribution >= 0.6 is 23.2 Å². The van der Waals surface area contributed by atoms with Gasteiger partial charge in [0.25, 0.3) is 15.9 Å². The zero-order valence-electron chi connectivity index (χ0n) is 26.4. The van der Waals surface area contributed by atoms with E-state index in [0.717, 1.165) is 0 Å². The molecule has 5 aromatic rings. The van der Waals surface area contributed by atoms with E-state index in [1.807, 2.05) is 11.6 Å². The predicted molar refractivity (Wildman–Crippen MR) is 187 cm³/mol. The Bertz CT molecular complexity index is 2230. The fourth-order valence-electron chi connectivity index (χ4n) is 5.28. The molecule has 0 aliphatic rings. The normalized spacial score (nSPS) is 11.2. The Balaban J connectivity index is 1.49. The van der Waals surface area contributed by atoms with Gasteiger partial charge < -0.3 is 5.32 Å². The van der Waals surface area contributed by atoms with E-state index < -0.39 is 21.7 Å². The number of carbonyl (C=O) groups is 2. The molecule has 9 nitrogen and oxygen atoms in total. The van der Waals surface area contributed by atoms with Crippen LogP contribution in [-0.4, -0.2) is 30.0 Å². The maximum Gasteiger partial charge on any atom is 0.266 e. The fourth-order valence-corrected chi connectivity index (χ4v) is 6.89. The molecule has 0 aliphatic carbocycles. The number of hydrogen-bond acceptors (Lipinski definition) is 6. The fraction of sp³-hybridized carbons (Fsp3) is 0.167. The van der Waals surface area contributed by atoms with Gasteiger partial charge in [0.1, 0.15) is 17.6 Å². The molecule has 49 heavy (non-hydrogen) atoms. The molecule has 13 heteroatoms. The molecule has 4 aromatic carbocycles. The minimum absolute atomic E-state index is 0.0126. The third kappa shape index (κ3) is 7.67. The zero-order valence-corrected chi connectivity index (χ0v) is 28.8. The van der Waals surface area contributed by atoms with Gasteiger partial charge in [0.15, 0.2) is 0 Å². The van der Waals surface area contributed by atoms with Gasteiger partial charge in [0.2, 0.25) is 5.91 Å². The van der Waals surface area contributed by atoms with E-state index in [0.29, 0.717) is 40.5 Å². The molecule has 0 spiro atoms. The summed E-state index contributed by atoms with van der Waals surface area (Å²) in [7, 11) is -4.40. The molecule has 0 bridgehead atoms. The Hall–Kier alpha value is -5.02. The van der Waals surface area contributed by atoms with Crippen molar-refractivity contribution in [1.29, 1.82) is 5.26 Å². The summed E-state index contributed by atoms with van der Waals surface area (Å²) >= 11 is 12.6. The summed E-state index contributed by atoms with van der Waals surface area (Å²) in [6.07, 6.45) is 1.50. The molecule has 0 radical (unpaired) electrons. The minimum Gasteiger partial charge on any atom is -0.326 e. The van der Waals surface area contributed by atoms with Crippen molar-refractivity contribution in [3.63, 3.8) is 0 Å². The van der Waals surface area contributed by atoms with Crippen LogP contribution < -0.4 is 10.0 Å². The lowest BCUT2D eigenvalue weighted by molar-refractivity contribution is -0.115. The number of nitrogens with zero attached hydrogens (tertiary/aromatic N) is 3. The first kappa shape index (κ1) is 35.3. The molecular weight excluding hydrogens is 688 g/mol. The Labute approximate surface area is 293 Å². The standard InChI is InChI=1S/C36H30Cl2FN5O4S/c1-3-9-31-27(33(21-40)44(42-31)32-20-24(16-17-29(32)38)41-35(45)4-2)18-23-15-14-22(19-30(23)39)25-10-6-8-13-34(25)49(47,48)43-36(46)26-11-5-7-12-28(26)37/h5-8,10-17,19-20H,3-4,9,18H2,1-2H3,(H,41,45)(H,43,46). The molecular formula is C36H30Cl2FN5O4S. The number of sulfonamides is 1. The van der Waals surface area contributed by atoms with Crippen molar-refractivity contribution < 1.29 is 22.4 Å². The van der Waals surface area contributed by atoms with E-state index in [-0.39, 0.29) is 56.6 Å². The molecule has 0 unspecified atom stereocenters. The SMILES string of the molecule is CCCc1nn(-c2cc(NC(=O)CC)ccc2Cl)c(C#N)c1Cc1ccc(-c2ccccc2S(=O)(=O)NC(=O)c2ccccc2Cl)cc1F. The molecule has 5 rings (SSSR count). The number of amides is 2. The summed E-state index contributed by atoms with van der Waals surface area (Å²) in [4.78, 5) is 24.6. The number of rotatable bonds is 11. The lowest BCUT2D eigenvalue weighted by atomic mass is 9.97. The molecule has 1 aromatic heterocycles. The Morgan fingerprint density at radius 2 is 1.69 bits per heavy atom. The summed E-state index contributed by atoms with van der Waals surface area (Å²) in [5.41, 5.74) is 2.80. The van der Waals surface area contributed by atoms with Gasteiger partial charge in [-0.05, 0) is 60.0 Å². The largest absolute Gasteiger partial charge is 0.326 e. The highest BCUT2D eigenvalue weighted by molar-refractivity contribution is 7.90. The highest BCUT2D eigenvalue weighted by Crippen LogP contribution is 2.32. The third-order valence-electron chi connectivity index (χ3n) is 7.69. The number of aromatic nitrogens is 2. The van der Waals surface area contributed by atoms with Crippen molar-refractivity contribution in [1.82, 2.24) is 14.5 Å². The van der Waals surface area contributed by atoms with E-state index in [9.17, 15) is 23.3 Å². The van der Waals surface area contributed by atoms with Crippen molar-refractivity contribution in [3.05, 3.63) is 129 Å². The number of aryl methyl sites for hydroxylation is 1. The number of nitrogens with one attached hydrogen (secondary N) is 2. The highest BCUT2D eigenvalue weighted by atomic mass is 35.5. The number of carbonyl (C=O) groups excluding carboxylic acids is 2. The number of hydrogen-bond donors (Lipinski definition) is 2. The summed E-state index contributed by atoms with van der Waals surface area (Å²) < 4.78 is 46.1. The lowest BCUT2D eigenvalue weighted by Crippen LogP contribution is -2.31. The summed E-state index contributed by atoms with van der Waals surface area (Å²) in [6.45, 7) is 3.69. The monoisotopic (exact) mass is 717 g/mol. The van der Waals surface area contributed by atoms with Gasteiger partial charge in [0.05, 0.1) is 31.9 Å². The molecule has 0 atom stereocenters. The summed E-state index contributed by atoms with van der Waals surface area (Å²) in [5, 5.41) is 18.1.